The fourth-order valence-electron chi connectivity index (χ4n) is 2.30. The normalized spacial score (nSPS) is 23.2. The number of aliphatic hydroxyl groups excluding tert-OH is 1. The van der Waals surface area contributed by atoms with Crippen molar-refractivity contribution in [3.8, 4) is 0 Å². The molecule has 6 nitrogen and oxygen atoms in total. The Labute approximate surface area is 123 Å². The Bertz CT molecular complexity index is 509. The number of rotatable bonds is 1. The number of imidazole rings is 1. The summed E-state index contributed by atoms with van der Waals surface area (Å²) in [4.78, 5) is 17.5. The number of nitrogens with zero attached hydrogens (tertiary/aromatic N) is 3. The number of ether oxygens (including phenoxy) is 1. The van der Waals surface area contributed by atoms with Crippen LogP contribution in [0.15, 0.2) is 6.20 Å². The lowest BCUT2D eigenvalue weighted by Gasteiger charge is -2.24. The van der Waals surface area contributed by atoms with E-state index in [1.54, 1.807) is 17.8 Å². The summed E-state index contributed by atoms with van der Waals surface area (Å²) in [6.07, 6.45) is 0.579. The van der Waals surface area contributed by atoms with E-state index in [0.29, 0.717) is 11.8 Å². The van der Waals surface area contributed by atoms with E-state index in [1.807, 2.05) is 20.8 Å². The van der Waals surface area contributed by atoms with E-state index < -0.39 is 17.8 Å². The molecule has 0 saturated carbocycles. The van der Waals surface area contributed by atoms with Gasteiger partial charge in [0.05, 0.1) is 18.8 Å². The third-order valence-electron chi connectivity index (χ3n) is 3.29. The summed E-state index contributed by atoms with van der Waals surface area (Å²) in [6.45, 7) is 6.09. The highest BCUT2D eigenvalue weighted by molar-refractivity contribution is 6.28. The minimum Gasteiger partial charge on any atom is -0.444 e. The number of aromatic nitrogens is 2. The Morgan fingerprint density at radius 1 is 1.50 bits per heavy atom. The molecule has 1 fully saturated rings. The number of amides is 1. The molecule has 0 spiro atoms. The first kappa shape index (κ1) is 15.1. The van der Waals surface area contributed by atoms with Gasteiger partial charge in [0.2, 0.25) is 5.28 Å². The molecule has 2 unspecified atom stereocenters. The van der Waals surface area contributed by atoms with Gasteiger partial charge in [-0.05, 0) is 32.4 Å². The maximum absolute atomic E-state index is 12.0. The third kappa shape index (κ3) is 3.07. The van der Waals surface area contributed by atoms with Crippen LogP contribution in [0.3, 0.4) is 0 Å². The number of β-amino-alcohol motifs (C(OH)–C–C–N with tert-alkyl or cyclic N) is 1. The molecule has 1 aromatic heterocycles. The Kier molecular flexibility index (Phi) is 3.97. The van der Waals surface area contributed by atoms with E-state index >= 15 is 0 Å². The van der Waals surface area contributed by atoms with Crippen LogP contribution in [0.5, 0.6) is 0 Å². The van der Waals surface area contributed by atoms with Gasteiger partial charge >= 0.3 is 6.09 Å². The Balaban J connectivity index is 2.09. The van der Waals surface area contributed by atoms with Crippen molar-refractivity contribution in [2.24, 2.45) is 7.05 Å². The van der Waals surface area contributed by atoms with Gasteiger partial charge in [-0.15, -0.1) is 0 Å². The van der Waals surface area contributed by atoms with Gasteiger partial charge in [0.15, 0.2) is 0 Å². The maximum atomic E-state index is 12.0. The number of halogens is 1. The highest BCUT2D eigenvalue weighted by Crippen LogP contribution is 2.29. The molecule has 2 heterocycles. The first-order chi connectivity index (χ1) is 9.19. The topological polar surface area (TPSA) is 67.6 Å². The highest BCUT2D eigenvalue weighted by Gasteiger charge is 2.38. The maximum Gasteiger partial charge on any atom is 0.410 e. The first-order valence-corrected chi connectivity index (χ1v) is 6.90. The minimum atomic E-state index is -0.644. The summed E-state index contributed by atoms with van der Waals surface area (Å²) in [5.74, 6) is -0.201. The van der Waals surface area contributed by atoms with Crippen molar-refractivity contribution in [2.45, 2.75) is 38.4 Å². The second-order valence-electron chi connectivity index (χ2n) is 6.07. The van der Waals surface area contributed by atoms with Crippen LogP contribution in [0, 0.1) is 0 Å². The molecule has 1 aliphatic heterocycles. The predicted molar refractivity (Wildman–Crippen MR) is 74.8 cm³/mol. The van der Waals surface area contributed by atoms with Crippen LogP contribution in [0.2, 0.25) is 5.28 Å². The molecular weight excluding hydrogens is 282 g/mol. The second-order valence-corrected chi connectivity index (χ2v) is 6.41. The molecule has 7 heteroatoms. The summed E-state index contributed by atoms with van der Waals surface area (Å²) in [5, 5.41) is 10.5. The molecule has 20 heavy (non-hydrogen) atoms. The summed E-state index contributed by atoms with van der Waals surface area (Å²) >= 11 is 5.91. The molecule has 1 aliphatic rings. The van der Waals surface area contributed by atoms with Crippen LogP contribution >= 0.6 is 11.6 Å². The largest absolute Gasteiger partial charge is 0.444 e. The van der Waals surface area contributed by atoms with Gasteiger partial charge < -0.3 is 19.3 Å². The van der Waals surface area contributed by atoms with E-state index in [-0.39, 0.29) is 12.5 Å². The van der Waals surface area contributed by atoms with Crippen LogP contribution in [0.1, 0.15) is 32.4 Å². The molecular formula is C13H20ClN3O3. The van der Waals surface area contributed by atoms with Crippen LogP contribution < -0.4 is 0 Å². The van der Waals surface area contributed by atoms with Gasteiger partial charge in [-0.3, -0.25) is 0 Å². The standard InChI is InChI=1S/C13H20ClN3O3/c1-13(2,3)20-12(19)17-6-8(10(18)7-17)9-5-15-11(14)16(9)4/h5,8,10,18H,6-7H2,1-4H3. The van der Waals surface area contributed by atoms with Gasteiger partial charge in [-0.1, -0.05) is 0 Å². The van der Waals surface area contributed by atoms with Crippen molar-refractivity contribution in [2.75, 3.05) is 13.1 Å². The van der Waals surface area contributed by atoms with Gasteiger partial charge in [-0.25, -0.2) is 9.78 Å². The fraction of sp³-hybridized carbons (Fsp3) is 0.692. The van der Waals surface area contributed by atoms with Crippen molar-refractivity contribution in [3.63, 3.8) is 0 Å². The van der Waals surface area contributed by atoms with Crippen LogP contribution in [0.25, 0.3) is 0 Å². The zero-order valence-corrected chi connectivity index (χ0v) is 12.9. The monoisotopic (exact) mass is 301 g/mol. The Morgan fingerprint density at radius 2 is 2.15 bits per heavy atom. The molecule has 0 radical (unpaired) electrons. The zero-order chi connectivity index (χ0) is 15.1. The summed E-state index contributed by atoms with van der Waals surface area (Å²) < 4.78 is 7.03. The molecule has 112 valence electrons. The van der Waals surface area contributed by atoms with Gasteiger partial charge in [-0.2, -0.15) is 0 Å². The number of aliphatic hydroxyl groups is 1. The number of hydrogen-bond donors (Lipinski definition) is 1. The van der Waals surface area contributed by atoms with Crippen molar-refractivity contribution >= 4 is 17.7 Å². The lowest BCUT2D eigenvalue weighted by molar-refractivity contribution is 0.0270. The molecule has 1 N–H and O–H groups in total. The molecule has 0 aromatic carbocycles. The zero-order valence-electron chi connectivity index (χ0n) is 12.1. The lowest BCUT2D eigenvalue weighted by atomic mass is 10.0. The Hall–Kier alpha value is -1.27. The van der Waals surface area contributed by atoms with E-state index in [0.717, 1.165) is 5.69 Å². The molecule has 2 atom stereocenters. The van der Waals surface area contributed by atoms with Crippen molar-refractivity contribution in [1.82, 2.24) is 14.5 Å². The lowest BCUT2D eigenvalue weighted by Crippen LogP contribution is -2.35. The number of carbonyl (C=O) groups excluding carboxylic acids is 1. The molecule has 0 bridgehead atoms. The van der Waals surface area contributed by atoms with Gasteiger partial charge in [0, 0.05) is 25.2 Å². The fourth-order valence-corrected chi connectivity index (χ4v) is 2.44. The molecule has 1 aromatic rings. The first-order valence-electron chi connectivity index (χ1n) is 6.52. The van der Waals surface area contributed by atoms with Crippen molar-refractivity contribution in [1.29, 1.82) is 0 Å². The molecule has 1 amide bonds. The minimum absolute atomic E-state index is 0.201. The molecule has 1 saturated heterocycles. The van der Waals surface area contributed by atoms with E-state index in [4.69, 9.17) is 16.3 Å². The average molecular weight is 302 g/mol. The SMILES string of the molecule is Cn1c(C2CN(C(=O)OC(C)(C)C)CC2O)cnc1Cl. The highest BCUT2D eigenvalue weighted by atomic mass is 35.5. The number of carbonyl (C=O) groups is 1. The van der Waals surface area contributed by atoms with E-state index in [1.165, 1.54) is 4.90 Å². The van der Waals surface area contributed by atoms with Crippen LogP contribution in [-0.2, 0) is 11.8 Å². The summed E-state index contributed by atoms with van der Waals surface area (Å²) in [7, 11) is 1.79. The molecule has 2 rings (SSSR count). The van der Waals surface area contributed by atoms with E-state index in [2.05, 4.69) is 4.98 Å². The summed E-state index contributed by atoms with van der Waals surface area (Å²) in [5.41, 5.74) is 0.268. The Morgan fingerprint density at radius 3 is 2.65 bits per heavy atom. The van der Waals surface area contributed by atoms with Crippen LogP contribution in [0.4, 0.5) is 4.79 Å². The smallest absolute Gasteiger partial charge is 0.410 e. The number of likely N-dealkylation sites (tertiary alicyclic amines) is 1. The number of hydrogen-bond acceptors (Lipinski definition) is 4. The molecule has 0 aliphatic carbocycles. The van der Waals surface area contributed by atoms with Crippen molar-refractivity contribution < 1.29 is 14.6 Å². The van der Waals surface area contributed by atoms with E-state index in [9.17, 15) is 9.90 Å². The second kappa shape index (κ2) is 5.26. The van der Waals surface area contributed by atoms with Crippen LogP contribution in [-0.4, -0.2) is 50.4 Å². The summed E-state index contributed by atoms with van der Waals surface area (Å²) in [6, 6.07) is 0. The predicted octanol–water partition coefficient (Wildman–Crippen LogP) is 1.77. The van der Waals surface area contributed by atoms with Gasteiger partial charge in [0.25, 0.3) is 0 Å². The third-order valence-corrected chi connectivity index (χ3v) is 3.64. The quantitative estimate of drug-likeness (QED) is 0.858. The van der Waals surface area contributed by atoms with Gasteiger partial charge in [0.1, 0.15) is 5.60 Å². The average Bonchev–Trinajstić information content (AvgIpc) is 2.82. The van der Waals surface area contributed by atoms with Crippen molar-refractivity contribution in [3.05, 3.63) is 17.2 Å².